The molecule has 2 heterocycles. The van der Waals surface area contributed by atoms with Crippen molar-refractivity contribution in [1.82, 2.24) is 14.9 Å². The van der Waals surface area contributed by atoms with E-state index in [-0.39, 0.29) is 5.92 Å². The number of carbonyl (C=O) groups is 1. The molecular weight excluding hydrogens is 497 g/mol. The number of nitrogens with one attached hydrogen (secondary N) is 1. The number of fused-ring (bicyclic) bond motifs is 1. The fourth-order valence-corrected chi connectivity index (χ4v) is 4.05. The van der Waals surface area contributed by atoms with Gasteiger partial charge in [0.2, 0.25) is 0 Å². The predicted octanol–water partition coefficient (Wildman–Crippen LogP) is 4.38. The summed E-state index contributed by atoms with van der Waals surface area (Å²) in [6.45, 7) is 1.59. The Balaban J connectivity index is 1.50. The first-order valence-corrected chi connectivity index (χ1v) is 11.1. The van der Waals surface area contributed by atoms with Gasteiger partial charge in [0, 0.05) is 29.0 Å². The molecule has 1 saturated heterocycles. The molecule has 0 bridgehead atoms. The number of anilines is 2. The molecule has 0 unspecified atom stereocenters. The van der Waals surface area contributed by atoms with Gasteiger partial charge in [0.25, 0.3) is 0 Å². The lowest BCUT2D eigenvalue weighted by atomic mass is 9.98. The lowest BCUT2D eigenvalue weighted by Crippen LogP contribution is -2.40. The molecule has 0 spiro atoms. The molecule has 0 aliphatic carbocycles. The van der Waals surface area contributed by atoms with Gasteiger partial charge >= 0.3 is 6.09 Å². The molecule has 4 rings (SSSR count). The van der Waals surface area contributed by atoms with E-state index in [1.165, 1.54) is 12.4 Å². The Morgan fingerprint density at radius 2 is 2.03 bits per heavy atom. The quantitative estimate of drug-likeness (QED) is 0.461. The Morgan fingerprint density at radius 1 is 1.24 bits per heavy atom. The van der Waals surface area contributed by atoms with Crippen LogP contribution in [0.1, 0.15) is 12.8 Å². The van der Waals surface area contributed by atoms with Crippen molar-refractivity contribution in [3.8, 4) is 11.5 Å². The number of aromatic nitrogens is 2. The van der Waals surface area contributed by atoms with Crippen LogP contribution in [-0.2, 0) is 4.84 Å². The number of likely N-dealkylation sites (tertiary alicyclic amines) is 1. The van der Waals surface area contributed by atoms with E-state index in [1.807, 2.05) is 0 Å². The third kappa shape index (κ3) is 5.25. The first kappa shape index (κ1) is 23.0. The highest BCUT2D eigenvalue weighted by atomic mass is 79.9. The SMILES string of the molecule is COc1cc2c(Nc3ccc(Br)cc3F)ncnc2cc1OCC1CCN(C(=O)ON)CC1. The van der Waals surface area contributed by atoms with Gasteiger partial charge in [-0.15, -0.1) is 0 Å². The molecule has 11 heteroatoms. The highest BCUT2D eigenvalue weighted by Gasteiger charge is 2.24. The van der Waals surface area contributed by atoms with Gasteiger partial charge in [0.1, 0.15) is 18.0 Å². The van der Waals surface area contributed by atoms with Crippen molar-refractivity contribution >= 4 is 44.4 Å². The third-order valence-electron chi connectivity index (χ3n) is 5.55. The average Bonchev–Trinajstić information content (AvgIpc) is 2.83. The van der Waals surface area contributed by atoms with E-state index in [0.29, 0.717) is 58.1 Å². The van der Waals surface area contributed by atoms with Crippen molar-refractivity contribution in [2.24, 2.45) is 11.8 Å². The number of rotatable bonds is 6. The maximum Gasteiger partial charge on any atom is 0.428 e. The zero-order chi connectivity index (χ0) is 23.4. The standard InChI is InChI=1S/C22H23BrFN5O4/c1-31-19-9-15-18(26-12-27-21(15)28-17-3-2-14(23)8-16(17)24)10-20(19)32-11-13-4-6-29(7-5-13)22(30)33-25/h2-3,8-10,12-13H,4-7,11,25H2,1H3,(H,26,27,28). The Kier molecular flexibility index (Phi) is 7.09. The van der Waals surface area contributed by atoms with Gasteiger partial charge in [-0.2, -0.15) is 5.90 Å². The first-order valence-electron chi connectivity index (χ1n) is 10.3. The van der Waals surface area contributed by atoms with Crippen LogP contribution in [-0.4, -0.2) is 47.8 Å². The molecule has 33 heavy (non-hydrogen) atoms. The van der Waals surface area contributed by atoms with Gasteiger partial charge in [0.15, 0.2) is 11.5 Å². The maximum absolute atomic E-state index is 14.3. The number of nitrogens with two attached hydrogens (primary N) is 1. The van der Waals surface area contributed by atoms with E-state index in [2.05, 4.69) is 36.1 Å². The Labute approximate surface area is 198 Å². The number of hydrogen-bond donors (Lipinski definition) is 2. The van der Waals surface area contributed by atoms with E-state index >= 15 is 0 Å². The third-order valence-corrected chi connectivity index (χ3v) is 6.05. The van der Waals surface area contributed by atoms with Crippen LogP contribution in [0.5, 0.6) is 11.5 Å². The minimum Gasteiger partial charge on any atom is -0.493 e. The summed E-state index contributed by atoms with van der Waals surface area (Å²) in [5, 5.41) is 3.68. The molecule has 174 valence electrons. The van der Waals surface area contributed by atoms with E-state index in [9.17, 15) is 9.18 Å². The van der Waals surface area contributed by atoms with Crippen LogP contribution in [0.25, 0.3) is 10.9 Å². The number of ether oxygens (including phenoxy) is 2. The zero-order valence-corrected chi connectivity index (χ0v) is 19.5. The van der Waals surface area contributed by atoms with Crippen molar-refractivity contribution in [1.29, 1.82) is 0 Å². The Morgan fingerprint density at radius 3 is 2.73 bits per heavy atom. The fraction of sp³-hybridized carbons (Fsp3) is 0.318. The normalized spacial score (nSPS) is 14.2. The molecule has 0 saturated carbocycles. The molecular formula is C22H23BrFN5O4. The molecule has 3 aromatic rings. The van der Waals surface area contributed by atoms with Gasteiger partial charge in [-0.3, -0.25) is 0 Å². The van der Waals surface area contributed by atoms with Gasteiger partial charge in [0.05, 0.1) is 24.9 Å². The zero-order valence-electron chi connectivity index (χ0n) is 17.9. The van der Waals surface area contributed by atoms with Crippen molar-refractivity contribution in [2.45, 2.75) is 12.8 Å². The van der Waals surface area contributed by atoms with Crippen molar-refractivity contribution in [2.75, 3.05) is 32.1 Å². The number of hydrogen-bond acceptors (Lipinski definition) is 8. The maximum atomic E-state index is 14.3. The van der Waals surface area contributed by atoms with Crippen molar-refractivity contribution in [3.63, 3.8) is 0 Å². The molecule has 1 fully saturated rings. The monoisotopic (exact) mass is 519 g/mol. The summed E-state index contributed by atoms with van der Waals surface area (Å²) in [7, 11) is 1.55. The fourth-order valence-electron chi connectivity index (χ4n) is 3.72. The van der Waals surface area contributed by atoms with Gasteiger partial charge in [-0.1, -0.05) is 15.9 Å². The molecule has 3 N–H and O–H groups in total. The molecule has 1 aliphatic rings. The minimum atomic E-state index is -0.516. The van der Waals surface area contributed by atoms with Gasteiger partial charge < -0.3 is 24.5 Å². The molecule has 9 nitrogen and oxygen atoms in total. The predicted molar refractivity (Wildman–Crippen MR) is 124 cm³/mol. The summed E-state index contributed by atoms with van der Waals surface area (Å²) < 4.78 is 26.5. The van der Waals surface area contributed by atoms with Crippen molar-refractivity contribution in [3.05, 3.63) is 46.9 Å². The molecule has 1 aromatic heterocycles. The van der Waals surface area contributed by atoms with Crippen molar-refractivity contribution < 1.29 is 23.5 Å². The minimum absolute atomic E-state index is 0.273. The number of amides is 1. The highest BCUT2D eigenvalue weighted by Crippen LogP contribution is 2.36. The average molecular weight is 520 g/mol. The van der Waals surface area contributed by atoms with Crippen LogP contribution in [0.3, 0.4) is 0 Å². The lowest BCUT2D eigenvalue weighted by molar-refractivity contribution is 0.0809. The second-order valence-corrected chi connectivity index (χ2v) is 8.53. The smallest absolute Gasteiger partial charge is 0.428 e. The summed E-state index contributed by atoms with van der Waals surface area (Å²) in [4.78, 5) is 26.0. The number of methoxy groups -OCH3 is 1. The van der Waals surface area contributed by atoms with Crippen LogP contribution in [0, 0.1) is 11.7 Å². The second kappa shape index (κ2) is 10.2. The number of benzene rings is 2. The van der Waals surface area contributed by atoms with E-state index in [4.69, 9.17) is 15.4 Å². The lowest BCUT2D eigenvalue weighted by Gasteiger charge is -2.30. The van der Waals surface area contributed by atoms with Crippen LogP contribution in [0.4, 0.5) is 20.7 Å². The molecule has 1 amide bonds. The molecule has 1 aliphatic heterocycles. The van der Waals surface area contributed by atoms with Gasteiger partial charge in [-0.05, 0) is 43.0 Å². The molecule has 0 atom stereocenters. The number of carbonyl (C=O) groups excluding carboxylic acids is 1. The van der Waals surface area contributed by atoms with Crippen LogP contribution >= 0.6 is 15.9 Å². The Hall–Kier alpha value is -3.18. The van der Waals surface area contributed by atoms with Crippen LogP contribution in [0.2, 0.25) is 0 Å². The number of halogens is 2. The first-order chi connectivity index (χ1) is 16.0. The topological polar surface area (TPSA) is 112 Å². The highest BCUT2D eigenvalue weighted by molar-refractivity contribution is 9.10. The number of piperidine rings is 1. The molecule has 2 aromatic carbocycles. The van der Waals surface area contributed by atoms with E-state index in [0.717, 1.165) is 12.8 Å². The summed E-state index contributed by atoms with van der Waals surface area (Å²) in [5.41, 5.74) is 0.920. The van der Waals surface area contributed by atoms with E-state index < -0.39 is 11.9 Å². The Bertz CT molecular complexity index is 1160. The summed E-state index contributed by atoms with van der Waals surface area (Å²) >= 11 is 3.25. The summed E-state index contributed by atoms with van der Waals surface area (Å²) in [6.07, 6.45) is 2.45. The van der Waals surface area contributed by atoms with Crippen LogP contribution < -0.4 is 20.7 Å². The molecule has 0 radical (unpaired) electrons. The second-order valence-electron chi connectivity index (χ2n) is 7.62. The summed E-state index contributed by atoms with van der Waals surface area (Å²) in [5.74, 6) is 6.33. The van der Waals surface area contributed by atoms with Gasteiger partial charge in [-0.25, -0.2) is 19.2 Å². The van der Waals surface area contributed by atoms with E-state index in [1.54, 1.807) is 36.3 Å². The summed E-state index contributed by atoms with van der Waals surface area (Å²) in [6, 6.07) is 8.29. The largest absolute Gasteiger partial charge is 0.493 e. The van der Waals surface area contributed by atoms with Crippen LogP contribution in [0.15, 0.2) is 41.1 Å². The number of nitrogens with zero attached hydrogens (tertiary/aromatic N) is 3.